The van der Waals surface area contributed by atoms with Crippen molar-refractivity contribution in [3.05, 3.63) is 41.5 Å². The van der Waals surface area contributed by atoms with Gasteiger partial charge in [-0.2, -0.15) is 0 Å². The molecule has 1 unspecified atom stereocenters. The van der Waals surface area contributed by atoms with Crippen LogP contribution in [-0.2, 0) is 20.7 Å². The van der Waals surface area contributed by atoms with Gasteiger partial charge in [-0.25, -0.2) is 0 Å². The van der Waals surface area contributed by atoms with Gasteiger partial charge in [-0.1, -0.05) is 26.3 Å². The molecule has 7 nitrogen and oxygen atoms in total. The van der Waals surface area contributed by atoms with Gasteiger partial charge in [0.1, 0.15) is 6.10 Å². The molecule has 2 aromatic rings. The highest BCUT2D eigenvalue weighted by molar-refractivity contribution is 5.73. The van der Waals surface area contributed by atoms with Crippen LogP contribution in [0, 0.1) is 0 Å². The molecule has 0 saturated heterocycles. The third-order valence-corrected chi connectivity index (χ3v) is 4.55. The van der Waals surface area contributed by atoms with Gasteiger partial charge >= 0.3 is 11.9 Å². The molecule has 0 aliphatic heterocycles. The van der Waals surface area contributed by atoms with Crippen LogP contribution in [0.15, 0.2) is 30.3 Å². The molecule has 0 saturated carbocycles. The van der Waals surface area contributed by atoms with Gasteiger partial charge in [-0.15, -0.1) is 0 Å². The Morgan fingerprint density at radius 2 is 1.55 bits per heavy atom. The number of benzene rings is 2. The molecule has 2 aromatic carbocycles. The van der Waals surface area contributed by atoms with Gasteiger partial charge < -0.3 is 23.7 Å². The first kappa shape index (κ1) is 24.1. The van der Waals surface area contributed by atoms with Crippen molar-refractivity contribution in [2.24, 2.45) is 0 Å². The average Bonchev–Trinajstić information content (AvgIpc) is 2.73. The Balaban J connectivity index is 2.58. The maximum atomic E-state index is 11.7. The van der Waals surface area contributed by atoms with E-state index in [1.165, 1.54) is 21.0 Å². The van der Waals surface area contributed by atoms with E-state index in [0.717, 1.165) is 18.4 Å². The summed E-state index contributed by atoms with van der Waals surface area (Å²) in [5, 5.41) is 0. The fraction of sp³-hybridized carbons (Fsp3) is 0.417. The summed E-state index contributed by atoms with van der Waals surface area (Å²) in [5.74, 6) is 0.757. The van der Waals surface area contributed by atoms with Gasteiger partial charge in [0.15, 0.2) is 23.0 Å². The van der Waals surface area contributed by atoms with Gasteiger partial charge in [0.2, 0.25) is 5.75 Å². The highest BCUT2D eigenvalue weighted by atomic mass is 16.6. The van der Waals surface area contributed by atoms with Gasteiger partial charge in [0.05, 0.1) is 14.2 Å². The minimum atomic E-state index is -0.520. The first-order valence-corrected chi connectivity index (χ1v) is 10.2. The topological polar surface area (TPSA) is 80.3 Å². The lowest BCUT2D eigenvalue weighted by atomic mass is 10.1. The molecule has 0 radical (unpaired) electrons. The zero-order valence-electron chi connectivity index (χ0n) is 18.9. The lowest BCUT2D eigenvalue weighted by molar-refractivity contribution is -0.146. The Kier molecular flexibility index (Phi) is 8.73. The number of hydrogen-bond donors (Lipinski definition) is 0. The minimum absolute atomic E-state index is 0.135. The number of ether oxygens (including phenoxy) is 5. The van der Waals surface area contributed by atoms with Crippen molar-refractivity contribution in [2.45, 2.75) is 53.1 Å². The molecule has 0 fully saturated rings. The van der Waals surface area contributed by atoms with Gasteiger partial charge in [0.25, 0.3) is 0 Å². The van der Waals surface area contributed by atoms with E-state index < -0.39 is 18.0 Å². The van der Waals surface area contributed by atoms with Crippen molar-refractivity contribution in [3.8, 4) is 28.7 Å². The van der Waals surface area contributed by atoms with Gasteiger partial charge in [-0.05, 0) is 42.7 Å². The van der Waals surface area contributed by atoms with Crippen molar-refractivity contribution >= 4 is 11.9 Å². The Labute approximate surface area is 183 Å². The average molecular weight is 430 g/mol. The molecular formula is C24H30O7. The summed E-state index contributed by atoms with van der Waals surface area (Å²) in [6.07, 6.45) is 1.96. The Morgan fingerprint density at radius 3 is 2.10 bits per heavy atom. The third kappa shape index (κ3) is 6.38. The van der Waals surface area contributed by atoms with Gasteiger partial charge in [-0.3, -0.25) is 9.59 Å². The molecule has 2 rings (SSSR count). The maximum absolute atomic E-state index is 11.7. The Bertz CT molecular complexity index is 920. The summed E-state index contributed by atoms with van der Waals surface area (Å²) in [6.45, 7) is 6.65. The Morgan fingerprint density at radius 1 is 0.871 bits per heavy atom. The smallest absolute Gasteiger partial charge is 0.308 e. The quantitative estimate of drug-likeness (QED) is 0.369. The van der Waals surface area contributed by atoms with Crippen LogP contribution in [-0.4, -0.2) is 26.2 Å². The number of hydrogen-bond acceptors (Lipinski definition) is 7. The van der Waals surface area contributed by atoms with E-state index in [-0.39, 0.29) is 17.2 Å². The van der Waals surface area contributed by atoms with Crippen LogP contribution in [0.4, 0.5) is 0 Å². The predicted molar refractivity (Wildman–Crippen MR) is 116 cm³/mol. The molecule has 0 heterocycles. The van der Waals surface area contributed by atoms with E-state index in [1.807, 2.05) is 25.1 Å². The van der Waals surface area contributed by atoms with Crippen molar-refractivity contribution in [1.29, 1.82) is 0 Å². The molecule has 0 N–H and O–H groups in total. The molecule has 168 valence electrons. The molecule has 0 aliphatic carbocycles. The number of rotatable bonds is 10. The van der Waals surface area contributed by atoms with Crippen LogP contribution in [0.3, 0.4) is 0 Å². The molecule has 0 aliphatic rings. The first-order chi connectivity index (χ1) is 14.8. The number of carbonyl (C=O) groups excluding carboxylic acids is 2. The van der Waals surface area contributed by atoms with E-state index in [0.29, 0.717) is 23.5 Å². The van der Waals surface area contributed by atoms with Crippen molar-refractivity contribution in [2.75, 3.05) is 14.2 Å². The highest BCUT2D eigenvalue weighted by Crippen LogP contribution is 2.45. The van der Waals surface area contributed by atoms with Crippen molar-refractivity contribution in [3.63, 3.8) is 0 Å². The van der Waals surface area contributed by atoms with E-state index >= 15 is 0 Å². The molecule has 7 heteroatoms. The predicted octanol–water partition coefficient (Wildman–Crippen LogP) is 5.39. The zero-order chi connectivity index (χ0) is 23.0. The van der Waals surface area contributed by atoms with E-state index in [1.54, 1.807) is 19.2 Å². The lowest BCUT2D eigenvalue weighted by Gasteiger charge is -2.21. The maximum Gasteiger partial charge on any atom is 0.308 e. The second kappa shape index (κ2) is 11.2. The standard InChI is InChI=1S/C24H30O7/c1-7-9-17-10-11-20(21(12-17)27-5)31-23-14-18(19(8-2)29-15(3)25)13-22(28-6)24(23)30-16(4)26/h10-14,19H,7-9H2,1-6H3. The molecule has 1 atom stereocenters. The second-order valence-corrected chi connectivity index (χ2v) is 6.99. The lowest BCUT2D eigenvalue weighted by Crippen LogP contribution is -2.10. The summed E-state index contributed by atoms with van der Waals surface area (Å²) in [6, 6.07) is 9.03. The van der Waals surface area contributed by atoms with E-state index in [2.05, 4.69) is 6.92 Å². The molecule has 0 amide bonds. The summed E-state index contributed by atoms with van der Waals surface area (Å²) >= 11 is 0. The summed E-state index contributed by atoms with van der Waals surface area (Å²) < 4.78 is 27.9. The molecule has 0 bridgehead atoms. The van der Waals surface area contributed by atoms with Crippen LogP contribution in [0.5, 0.6) is 28.7 Å². The first-order valence-electron chi connectivity index (χ1n) is 10.2. The number of carbonyl (C=O) groups is 2. The van der Waals surface area contributed by atoms with E-state index in [4.69, 9.17) is 23.7 Å². The van der Waals surface area contributed by atoms with Crippen LogP contribution < -0.4 is 18.9 Å². The van der Waals surface area contributed by atoms with Crippen LogP contribution in [0.2, 0.25) is 0 Å². The highest BCUT2D eigenvalue weighted by Gasteiger charge is 2.23. The van der Waals surface area contributed by atoms with Gasteiger partial charge in [0, 0.05) is 19.4 Å². The fourth-order valence-electron chi connectivity index (χ4n) is 3.20. The van der Waals surface area contributed by atoms with Crippen LogP contribution >= 0.6 is 0 Å². The molecule has 31 heavy (non-hydrogen) atoms. The zero-order valence-corrected chi connectivity index (χ0v) is 18.9. The largest absolute Gasteiger partial charge is 0.493 e. The number of aryl methyl sites for hydroxylation is 1. The monoisotopic (exact) mass is 430 g/mol. The summed E-state index contributed by atoms with van der Waals surface area (Å²) in [4.78, 5) is 23.2. The normalized spacial score (nSPS) is 11.4. The third-order valence-electron chi connectivity index (χ3n) is 4.55. The molecular weight excluding hydrogens is 400 g/mol. The van der Waals surface area contributed by atoms with Crippen molar-refractivity contribution in [1.82, 2.24) is 0 Å². The summed E-state index contributed by atoms with van der Waals surface area (Å²) in [7, 11) is 3.03. The SMILES string of the molecule is CCCc1ccc(Oc2cc(C(CC)OC(C)=O)cc(OC)c2OC(C)=O)c(OC)c1. The van der Waals surface area contributed by atoms with Crippen LogP contribution in [0.1, 0.15) is 57.8 Å². The van der Waals surface area contributed by atoms with Crippen molar-refractivity contribution < 1.29 is 33.3 Å². The number of esters is 2. The number of methoxy groups -OCH3 is 2. The fourth-order valence-corrected chi connectivity index (χ4v) is 3.20. The second-order valence-electron chi connectivity index (χ2n) is 6.99. The molecule has 0 spiro atoms. The van der Waals surface area contributed by atoms with Crippen LogP contribution in [0.25, 0.3) is 0 Å². The molecule has 0 aromatic heterocycles. The van der Waals surface area contributed by atoms with E-state index in [9.17, 15) is 9.59 Å². The summed E-state index contributed by atoms with van der Waals surface area (Å²) in [5.41, 5.74) is 1.78. The Hall–Kier alpha value is -3.22. The minimum Gasteiger partial charge on any atom is -0.493 e.